The normalized spacial score (nSPS) is 12.4. The first-order chi connectivity index (χ1) is 7.50. The van der Waals surface area contributed by atoms with Crippen LogP contribution in [0.4, 0.5) is 8.78 Å². The summed E-state index contributed by atoms with van der Waals surface area (Å²) in [7, 11) is 0. The van der Waals surface area contributed by atoms with Crippen molar-refractivity contribution in [1.82, 2.24) is 5.48 Å². The lowest BCUT2D eigenvalue weighted by Crippen LogP contribution is -2.27. The molecule has 16 heavy (non-hydrogen) atoms. The van der Waals surface area contributed by atoms with E-state index in [1.807, 2.05) is 0 Å². The van der Waals surface area contributed by atoms with Gasteiger partial charge in [0.2, 0.25) is 5.91 Å². The second-order valence-corrected chi connectivity index (χ2v) is 3.26. The number of hydrogen-bond donors (Lipinski definition) is 2. The van der Waals surface area contributed by atoms with E-state index in [4.69, 9.17) is 10.6 Å². The van der Waals surface area contributed by atoms with Crippen LogP contribution in [-0.2, 0) is 9.63 Å². The molecule has 0 bridgehead atoms. The van der Waals surface area contributed by atoms with Crippen molar-refractivity contribution in [2.45, 2.75) is 13.0 Å². The van der Waals surface area contributed by atoms with Gasteiger partial charge < -0.3 is 5.73 Å². The van der Waals surface area contributed by atoms with Gasteiger partial charge in [-0.05, 0) is 13.0 Å². The predicted octanol–water partition coefficient (Wildman–Crippen LogP) is 1.03. The summed E-state index contributed by atoms with van der Waals surface area (Å²) >= 11 is 0. The van der Waals surface area contributed by atoms with E-state index in [0.29, 0.717) is 0 Å². The SMILES string of the molecule is CC(NOCC(N)=O)c1ccc(F)cc1F. The summed E-state index contributed by atoms with van der Waals surface area (Å²) in [5.41, 5.74) is 7.51. The van der Waals surface area contributed by atoms with Gasteiger partial charge in [-0.15, -0.1) is 0 Å². The van der Waals surface area contributed by atoms with Crippen molar-refractivity contribution in [3.05, 3.63) is 35.4 Å². The highest BCUT2D eigenvalue weighted by atomic mass is 19.1. The molecule has 3 N–H and O–H groups in total. The second kappa shape index (κ2) is 5.53. The van der Waals surface area contributed by atoms with Gasteiger partial charge in [0.05, 0.1) is 6.04 Å². The molecular weight excluding hydrogens is 218 g/mol. The van der Waals surface area contributed by atoms with Gasteiger partial charge in [0.25, 0.3) is 0 Å². The third kappa shape index (κ3) is 3.56. The minimum atomic E-state index is -0.678. The minimum absolute atomic E-state index is 0.242. The van der Waals surface area contributed by atoms with Crippen LogP contribution in [0.1, 0.15) is 18.5 Å². The second-order valence-electron chi connectivity index (χ2n) is 3.26. The van der Waals surface area contributed by atoms with Crippen LogP contribution >= 0.6 is 0 Å². The molecule has 1 amide bonds. The van der Waals surface area contributed by atoms with E-state index >= 15 is 0 Å². The van der Waals surface area contributed by atoms with E-state index in [-0.39, 0.29) is 12.2 Å². The number of hydrogen-bond acceptors (Lipinski definition) is 3. The highest BCUT2D eigenvalue weighted by Gasteiger charge is 2.11. The van der Waals surface area contributed by atoms with E-state index in [2.05, 4.69) is 5.48 Å². The van der Waals surface area contributed by atoms with Crippen LogP contribution in [0.3, 0.4) is 0 Å². The van der Waals surface area contributed by atoms with Gasteiger partial charge in [-0.2, -0.15) is 5.48 Å². The maximum absolute atomic E-state index is 13.3. The van der Waals surface area contributed by atoms with Crippen molar-refractivity contribution >= 4 is 5.91 Å². The van der Waals surface area contributed by atoms with Gasteiger partial charge in [0.15, 0.2) is 0 Å². The molecule has 1 aromatic carbocycles. The molecule has 0 aliphatic rings. The van der Waals surface area contributed by atoms with Crippen molar-refractivity contribution in [2.24, 2.45) is 5.73 Å². The van der Waals surface area contributed by atoms with Crippen molar-refractivity contribution in [3.8, 4) is 0 Å². The Morgan fingerprint density at radius 2 is 2.25 bits per heavy atom. The lowest BCUT2D eigenvalue weighted by molar-refractivity contribution is -0.126. The first kappa shape index (κ1) is 12.5. The average molecular weight is 230 g/mol. The Morgan fingerprint density at radius 1 is 1.56 bits per heavy atom. The van der Waals surface area contributed by atoms with E-state index in [1.54, 1.807) is 6.92 Å². The van der Waals surface area contributed by atoms with Crippen LogP contribution < -0.4 is 11.2 Å². The van der Waals surface area contributed by atoms with Gasteiger partial charge in [-0.3, -0.25) is 9.63 Å². The molecule has 0 aliphatic heterocycles. The molecule has 0 radical (unpaired) electrons. The fourth-order valence-electron chi connectivity index (χ4n) is 1.15. The maximum atomic E-state index is 13.3. The molecule has 0 aromatic heterocycles. The van der Waals surface area contributed by atoms with Crippen molar-refractivity contribution in [2.75, 3.05) is 6.61 Å². The number of carbonyl (C=O) groups is 1. The largest absolute Gasteiger partial charge is 0.368 e. The number of rotatable bonds is 5. The third-order valence-corrected chi connectivity index (χ3v) is 1.90. The molecule has 1 aromatic rings. The molecule has 0 heterocycles. The zero-order valence-corrected chi connectivity index (χ0v) is 8.67. The molecule has 4 nitrogen and oxygen atoms in total. The number of primary amides is 1. The van der Waals surface area contributed by atoms with Crippen LogP contribution in [0.15, 0.2) is 18.2 Å². The molecule has 88 valence electrons. The Hall–Kier alpha value is -1.53. The number of carbonyl (C=O) groups excluding carboxylic acids is 1. The Balaban J connectivity index is 2.58. The van der Waals surface area contributed by atoms with Gasteiger partial charge >= 0.3 is 0 Å². The lowest BCUT2D eigenvalue weighted by atomic mass is 10.1. The molecule has 0 fully saturated rings. The molecule has 0 saturated carbocycles. The number of amides is 1. The van der Waals surface area contributed by atoms with Gasteiger partial charge in [0.1, 0.15) is 18.2 Å². The summed E-state index contributed by atoms with van der Waals surface area (Å²) in [6.07, 6.45) is 0. The highest BCUT2D eigenvalue weighted by Crippen LogP contribution is 2.17. The van der Waals surface area contributed by atoms with Crippen molar-refractivity contribution in [3.63, 3.8) is 0 Å². The third-order valence-electron chi connectivity index (χ3n) is 1.90. The Labute approximate surface area is 91.3 Å². The van der Waals surface area contributed by atoms with E-state index in [1.165, 1.54) is 6.07 Å². The smallest absolute Gasteiger partial charge is 0.245 e. The topological polar surface area (TPSA) is 64.3 Å². The van der Waals surface area contributed by atoms with Crippen molar-refractivity contribution < 1.29 is 18.4 Å². The molecule has 1 atom stereocenters. The Morgan fingerprint density at radius 3 is 2.81 bits per heavy atom. The Kier molecular flexibility index (Phi) is 4.33. The molecule has 0 spiro atoms. The standard InChI is InChI=1S/C10H12F2N2O2/c1-6(14-16-5-10(13)15)8-3-2-7(11)4-9(8)12/h2-4,6,14H,5H2,1H3,(H2,13,15). The van der Waals surface area contributed by atoms with Crippen LogP contribution in [-0.4, -0.2) is 12.5 Å². The van der Waals surface area contributed by atoms with E-state index in [0.717, 1.165) is 12.1 Å². The monoisotopic (exact) mass is 230 g/mol. The number of benzene rings is 1. The van der Waals surface area contributed by atoms with Crippen LogP contribution in [0.2, 0.25) is 0 Å². The number of nitrogens with one attached hydrogen (secondary N) is 1. The summed E-state index contributed by atoms with van der Waals surface area (Å²) in [4.78, 5) is 15.1. The number of hydroxylamine groups is 1. The molecule has 1 unspecified atom stereocenters. The van der Waals surface area contributed by atoms with Crippen LogP contribution in [0, 0.1) is 11.6 Å². The van der Waals surface area contributed by atoms with Gasteiger partial charge in [-0.1, -0.05) is 6.07 Å². The predicted molar refractivity (Wildman–Crippen MR) is 53.1 cm³/mol. The maximum Gasteiger partial charge on any atom is 0.245 e. The number of halogens is 2. The van der Waals surface area contributed by atoms with Gasteiger partial charge in [0, 0.05) is 11.6 Å². The first-order valence-electron chi connectivity index (χ1n) is 4.61. The number of nitrogens with two attached hydrogens (primary N) is 1. The lowest BCUT2D eigenvalue weighted by Gasteiger charge is -2.14. The van der Waals surface area contributed by atoms with E-state index < -0.39 is 23.6 Å². The molecule has 1 rings (SSSR count). The summed E-state index contributed by atoms with van der Waals surface area (Å²) in [6, 6.07) is 2.71. The minimum Gasteiger partial charge on any atom is -0.368 e. The van der Waals surface area contributed by atoms with Crippen LogP contribution in [0.25, 0.3) is 0 Å². The summed E-state index contributed by atoms with van der Waals surface area (Å²) < 4.78 is 25.9. The summed E-state index contributed by atoms with van der Waals surface area (Å²) in [6.45, 7) is 1.30. The quantitative estimate of drug-likeness (QED) is 0.742. The molecule has 0 saturated heterocycles. The fourth-order valence-corrected chi connectivity index (χ4v) is 1.15. The summed E-state index contributed by atoms with van der Waals surface area (Å²) in [5, 5.41) is 0. The van der Waals surface area contributed by atoms with Crippen LogP contribution in [0.5, 0.6) is 0 Å². The zero-order valence-electron chi connectivity index (χ0n) is 8.67. The molecule has 0 aliphatic carbocycles. The average Bonchev–Trinajstić information content (AvgIpc) is 2.16. The molecular formula is C10H12F2N2O2. The first-order valence-corrected chi connectivity index (χ1v) is 4.61. The van der Waals surface area contributed by atoms with Gasteiger partial charge in [-0.25, -0.2) is 8.78 Å². The summed E-state index contributed by atoms with van der Waals surface area (Å²) in [5.74, 6) is -1.96. The van der Waals surface area contributed by atoms with Crippen molar-refractivity contribution in [1.29, 1.82) is 0 Å². The highest BCUT2D eigenvalue weighted by molar-refractivity contribution is 5.74. The van der Waals surface area contributed by atoms with E-state index in [9.17, 15) is 13.6 Å². The molecule has 6 heteroatoms. The zero-order chi connectivity index (χ0) is 12.1. The Bertz CT molecular complexity index is 385. The fraction of sp³-hybridized carbons (Fsp3) is 0.300.